The van der Waals surface area contributed by atoms with E-state index in [2.05, 4.69) is 31.5 Å². The van der Waals surface area contributed by atoms with Crippen LogP contribution in [0.25, 0.3) is 22.3 Å². The lowest BCUT2D eigenvalue weighted by Crippen LogP contribution is -2.45. The summed E-state index contributed by atoms with van der Waals surface area (Å²) in [4.78, 5) is 24.0. The molecule has 1 aliphatic rings. The fourth-order valence-electron chi connectivity index (χ4n) is 3.23. The number of H-pyrrole nitrogens is 1. The highest BCUT2D eigenvalue weighted by atomic mass is 16.2. The van der Waals surface area contributed by atoms with Gasteiger partial charge in [0, 0.05) is 13.5 Å². The van der Waals surface area contributed by atoms with E-state index < -0.39 is 0 Å². The molecule has 26 heavy (non-hydrogen) atoms. The SMILES string of the molecule is Cn1ncc(-c2cc3c(NN4C(=O)CCC4(C)C)ncnc3[nH]2)c1C#N. The number of anilines is 1. The maximum Gasteiger partial charge on any atom is 0.241 e. The summed E-state index contributed by atoms with van der Waals surface area (Å²) in [5.41, 5.74) is 5.35. The zero-order valence-electron chi connectivity index (χ0n) is 14.7. The average molecular weight is 350 g/mol. The lowest BCUT2D eigenvalue weighted by molar-refractivity contribution is -0.129. The van der Waals surface area contributed by atoms with E-state index in [1.165, 1.54) is 11.0 Å². The largest absolute Gasteiger partial charge is 0.339 e. The molecule has 0 atom stereocenters. The first kappa shape index (κ1) is 16.1. The number of rotatable bonds is 3. The highest BCUT2D eigenvalue weighted by Crippen LogP contribution is 2.32. The van der Waals surface area contributed by atoms with Crippen LogP contribution in [-0.4, -0.2) is 41.2 Å². The van der Waals surface area contributed by atoms with Crippen LogP contribution in [0.5, 0.6) is 0 Å². The maximum atomic E-state index is 12.2. The van der Waals surface area contributed by atoms with Crippen LogP contribution in [-0.2, 0) is 11.8 Å². The number of amides is 1. The van der Waals surface area contributed by atoms with Crippen molar-refractivity contribution in [3.8, 4) is 17.3 Å². The molecule has 0 radical (unpaired) electrons. The van der Waals surface area contributed by atoms with Crippen LogP contribution in [0.2, 0.25) is 0 Å². The topological polar surface area (TPSA) is 116 Å². The van der Waals surface area contributed by atoms with Gasteiger partial charge in [0.2, 0.25) is 5.91 Å². The summed E-state index contributed by atoms with van der Waals surface area (Å²) in [6.45, 7) is 4.03. The molecule has 0 saturated carbocycles. The van der Waals surface area contributed by atoms with Crippen LogP contribution in [0.4, 0.5) is 5.82 Å². The third kappa shape index (κ3) is 2.38. The van der Waals surface area contributed by atoms with Gasteiger partial charge < -0.3 is 4.98 Å². The van der Waals surface area contributed by atoms with Crippen LogP contribution >= 0.6 is 0 Å². The number of fused-ring (bicyclic) bond motifs is 1. The van der Waals surface area contributed by atoms with Gasteiger partial charge in [0.1, 0.15) is 23.7 Å². The van der Waals surface area contributed by atoms with E-state index >= 15 is 0 Å². The molecule has 0 bridgehead atoms. The molecule has 4 heterocycles. The predicted molar refractivity (Wildman–Crippen MR) is 94.6 cm³/mol. The molecule has 0 spiro atoms. The number of nitrogens with one attached hydrogen (secondary N) is 2. The fraction of sp³-hybridized carbons (Fsp3) is 0.353. The molecular formula is C17H18N8O. The summed E-state index contributed by atoms with van der Waals surface area (Å²) >= 11 is 0. The minimum atomic E-state index is -0.287. The first-order valence-electron chi connectivity index (χ1n) is 8.26. The fourth-order valence-corrected chi connectivity index (χ4v) is 3.23. The van der Waals surface area contributed by atoms with Crippen LogP contribution in [0.3, 0.4) is 0 Å². The van der Waals surface area contributed by atoms with Gasteiger partial charge in [-0.15, -0.1) is 0 Å². The van der Waals surface area contributed by atoms with Crippen LogP contribution in [0.1, 0.15) is 32.4 Å². The molecule has 9 heteroatoms. The molecule has 1 saturated heterocycles. The Labute approximate surface area is 149 Å². The Morgan fingerprint density at radius 2 is 2.19 bits per heavy atom. The van der Waals surface area contributed by atoms with Gasteiger partial charge in [-0.2, -0.15) is 10.4 Å². The van der Waals surface area contributed by atoms with E-state index in [9.17, 15) is 10.1 Å². The van der Waals surface area contributed by atoms with Crippen LogP contribution in [0, 0.1) is 11.3 Å². The Balaban J connectivity index is 1.77. The molecule has 9 nitrogen and oxygen atoms in total. The molecule has 1 fully saturated rings. The lowest BCUT2D eigenvalue weighted by Gasteiger charge is -2.32. The molecule has 132 valence electrons. The summed E-state index contributed by atoms with van der Waals surface area (Å²) in [7, 11) is 1.72. The van der Waals surface area contributed by atoms with E-state index in [1.807, 2.05) is 19.9 Å². The predicted octanol–water partition coefficient (Wildman–Crippen LogP) is 1.96. The van der Waals surface area contributed by atoms with E-state index in [1.54, 1.807) is 18.3 Å². The van der Waals surface area contributed by atoms with Gasteiger partial charge >= 0.3 is 0 Å². The van der Waals surface area contributed by atoms with Crippen molar-refractivity contribution in [3.05, 3.63) is 24.3 Å². The van der Waals surface area contributed by atoms with Crippen molar-refractivity contribution in [2.45, 2.75) is 32.2 Å². The van der Waals surface area contributed by atoms with Gasteiger partial charge in [0.15, 0.2) is 5.82 Å². The molecule has 3 aromatic heterocycles. The van der Waals surface area contributed by atoms with Gasteiger partial charge in [-0.1, -0.05) is 0 Å². The number of nitrogens with zero attached hydrogens (tertiary/aromatic N) is 6. The van der Waals surface area contributed by atoms with Gasteiger partial charge in [0.05, 0.1) is 28.4 Å². The molecule has 0 unspecified atom stereocenters. The Morgan fingerprint density at radius 3 is 2.88 bits per heavy atom. The maximum absolute atomic E-state index is 12.2. The molecular weight excluding hydrogens is 332 g/mol. The highest BCUT2D eigenvalue weighted by Gasteiger charge is 2.38. The van der Waals surface area contributed by atoms with E-state index in [0.717, 1.165) is 17.5 Å². The number of aryl methyl sites for hydroxylation is 1. The number of hydrogen-bond acceptors (Lipinski definition) is 6. The van der Waals surface area contributed by atoms with Crippen molar-refractivity contribution in [2.24, 2.45) is 7.05 Å². The minimum Gasteiger partial charge on any atom is -0.339 e. The third-order valence-electron chi connectivity index (χ3n) is 4.78. The zero-order valence-corrected chi connectivity index (χ0v) is 14.7. The Hall–Kier alpha value is -3.41. The second-order valence-corrected chi connectivity index (χ2v) is 6.96. The van der Waals surface area contributed by atoms with E-state index in [-0.39, 0.29) is 11.4 Å². The van der Waals surface area contributed by atoms with Crippen molar-refractivity contribution in [2.75, 3.05) is 5.43 Å². The van der Waals surface area contributed by atoms with E-state index in [0.29, 0.717) is 29.1 Å². The third-order valence-corrected chi connectivity index (χ3v) is 4.78. The summed E-state index contributed by atoms with van der Waals surface area (Å²) in [6.07, 6.45) is 4.37. The Bertz CT molecular complexity index is 1050. The average Bonchev–Trinajstić information content (AvgIpc) is 3.26. The molecule has 1 amide bonds. The van der Waals surface area contributed by atoms with Crippen molar-refractivity contribution in [3.63, 3.8) is 0 Å². The summed E-state index contributed by atoms with van der Waals surface area (Å²) < 4.78 is 1.52. The van der Waals surface area contributed by atoms with Gasteiger partial charge in [-0.3, -0.25) is 14.9 Å². The molecule has 2 N–H and O–H groups in total. The van der Waals surface area contributed by atoms with Gasteiger partial charge in [-0.05, 0) is 26.3 Å². The zero-order chi connectivity index (χ0) is 18.5. The quantitative estimate of drug-likeness (QED) is 0.746. The first-order valence-corrected chi connectivity index (χ1v) is 8.26. The smallest absolute Gasteiger partial charge is 0.241 e. The molecule has 4 rings (SSSR count). The molecule has 0 aromatic carbocycles. The standard InChI is InChI=1S/C17H18N8O/c1-17(2)5-4-14(26)25(17)23-16-10-6-12(22-15(10)19-9-20-16)11-8-21-24(3)13(11)7-18/h6,8-9H,4-5H2,1-3H3,(H2,19,20,22,23). The van der Waals surface area contributed by atoms with Crippen molar-refractivity contribution in [1.82, 2.24) is 29.7 Å². The summed E-state index contributed by atoms with van der Waals surface area (Å²) in [5, 5.41) is 15.9. The minimum absolute atomic E-state index is 0.0385. The van der Waals surface area contributed by atoms with Crippen molar-refractivity contribution >= 4 is 22.8 Å². The molecule has 0 aliphatic carbocycles. The van der Waals surface area contributed by atoms with Crippen LogP contribution < -0.4 is 5.43 Å². The van der Waals surface area contributed by atoms with E-state index in [4.69, 9.17) is 0 Å². The number of carbonyl (C=O) groups excluding carboxylic acids is 1. The van der Waals surface area contributed by atoms with Crippen LogP contribution in [0.15, 0.2) is 18.6 Å². The Kier molecular flexibility index (Phi) is 3.44. The van der Waals surface area contributed by atoms with Crippen molar-refractivity contribution < 1.29 is 4.79 Å². The van der Waals surface area contributed by atoms with Gasteiger partial charge in [0.25, 0.3) is 0 Å². The number of aromatic amines is 1. The monoisotopic (exact) mass is 350 g/mol. The second kappa shape index (κ2) is 5.56. The highest BCUT2D eigenvalue weighted by molar-refractivity contribution is 5.93. The normalized spacial score (nSPS) is 16.2. The number of nitriles is 1. The number of carbonyl (C=O) groups is 1. The molecule has 1 aliphatic heterocycles. The lowest BCUT2D eigenvalue weighted by atomic mass is 10.0. The molecule has 3 aromatic rings. The number of aromatic nitrogens is 5. The first-order chi connectivity index (χ1) is 12.4. The summed E-state index contributed by atoms with van der Waals surface area (Å²) in [6, 6.07) is 4.02. The second-order valence-electron chi connectivity index (χ2n) is 6.96. The number of hydrogen-bond donors (Lipinski definition) is 2. The number of hydrazine groups is 1. The Morgan fingerprint density at radius 1 is 1.38 bits per heavy atom. The van der Waals surface area contributed by atoms with Crippen molar-refractivity contribution in [1.29, 1.82) is 5.26 Å². The summed E-state index contributed by atoms with van der Waals surface area (Å²) in [5.74, 6) is 0.583. The van der Waals surface area contributed by atoms with Gasteiger partial charge in [-0.25, -0.2) is 15.0 Å².